The number of hydrogen-bond donors (Lipinski definition) is 2. The van der Waals surface area contributed by atoms with Crippen molar-refractivity contribution in [1.82, 2.24) is 10.5 Å². The van der Waals surface area contributed by atoms with E-state index in [0.717, 1.165) is 41.2 Å². The minimum absolute atomic E-state index is 0.150. The molecule has 3 atom stereocenters. The molecule has 0 bridgehead atoms. The van der Waals surface area contributed by atoms with Crippen molar-refractivity contribution in [3.8, 4) is 11.3 Å². The molecule has 0 radical (unpaired) electrons. The van der Waals surface area contributed by atoms with Gasteiger partial charge in [-0.25, -0.2) is 14.9 Å². The van der Waals surface area contributed by atoms with Crippen LogP contribution in [0.5, 0.6) is 0 Å². The summed E-state index contributed by atoms with van der Waals surface area (Å²) in [4.78, 5) is 16.2. The molecule has 29 heavy (non-hydrogen) atoms. The summed E-state index contributed by atoms with van der Waals surface area (Å²) in [5, 5.41) is 8.95. The molecule has 2 N–H and O–H groups in total. The van der Waals surface area contributed by atoms with Crippen molar-refractivity contribution in [1.29, 1.82) is 0 Å². The van der Waals surface area contributed by atoms with E-state index in [1.165, 1.54) is 5.48 Å². The summed E-state index contributed by atoms with van der Waals surface area (Å²) in [5.41, 5.74) is 3.13. The summed E-state index contributed by atoms with van der Waals surface area (Å²) < 4.78 is 20.9. The Bertz CT molecular complexity index is 1030. The van der Waals surface area contributed by atoms with Crippen molar-refractivity contribution in [3.05, 3.63) is 77.8 Å². The van der Waals surface area contributed by atoms with Gasteiger partial charge in [-0.15, -0.1) is 0 Å². The van der Waals surface area contributed by atoms with Gasteiger partial charge in [0.2, 0.25) is 0 Å². The van der Waals surface area contributed by atoms with Crippen LogP contribution < -0.4 is 5.48 Å². The Labute approximate surface area is 167 Å². The maximum atomic E-state index is 15.1. The van der Waals surface area contributed by atoms with Crippen LogP contribution in [0.15, 0.2) is 65.2 Å². The highest BCUT2D eigenvalue weighted by molar-refractivity contribution is 5.83. The van der Waals surface area contributed by atoms with E-state index in [2.05, 4.69) is 4.98 Å². The molecule has 2 aliphatic rings. The molecule has 1 heterocycles. The standard InChI is InChI=1S/C23H21FN2O3/c24-20(21(27)26-28)23(17-4-2-1-3-5-17)12-18(23)14-6-8-15(9-7-14)19-13-25-22(29-19)16-10-11-16/h1-9,13,16,18,20,28H,10-12H2,(H,26,27)/t18-,20?,23+/m1/s1. The second kappa shape index (κ2) is 6.81. The van der Waals surface area contributed by atoms with Crippen molar-refractivity contribution < 1.29 is 18.8 Å². The van der Waals surface area contributed by atoms with Crippen LogP contribution >= 0.6 is 0 Å². The fourth-order valence-electron chi connectivity index (χ4n) is 4.30. The third-order valence-corrected chi connectivity index (χ3v) is 6.16. The van der Waals surface area contributed by atoms with Gasteiger partial charge in [0.05, 0.1) is 6.20 Å². The lowest BCUT2D eigenvalue weighted by atomic mass is 9.86. The monoisotopic (exact) mass is 392 g/mol. The SMILES string of the molecule is O=C(NO)C(F)[C@]1(c2ccccc2)C[C@@H]1c1ccc(-c2cnc(C3CC3)o2)cc1. The predicted octanol–water partition coefficient (Wildman–Crippen LogP) is 4.49. The number of aromatic nitrogens is 1. The summed E-state index contributed by atoms with van der Waals surface area (Å²) >= 11 is 0. The predicted molar refractivity (Wildman–Crippen MR) is 104 cm³/mol. The lowest BCUT2D eigenvalue weighted by Crippen LogP contribution is -2.39. The number of carbonyl (C=O) groups excluding carboxylic acids is 1. The number of hydrogen-bond acceptors (Lipinski definition) is 4. The van der Waals surface area contributed by atoms with Gasteiger partial charge in [0.1, 0.15) is 0 Å². The summed E-state index contributed by atoms with van der Waals surface area (Å²) in [6.45, 7) is 0. The molecule has 2 saturated carbocycles. The van der Waals surface area contributed by atoms with E-state index in [4.69, 9.17) is 9.62 Å². The van der Waals surface area contributed by atoms with Crippen LogP contribution in [-0.2, 0) is 10.2 Å². The van der Waals surface area contributed by atoms with E-state index >= 15 is 4.39 Å². The lowest BCUT2D eigenvalue weighted by Gasteiger charge is -2.21. The minimum Gasteiger partial charge on any atom is -0.440 e. The molecule has 1 unspecified atom stereocenters. The summed E-state index contributed by atoms with van der Waals surface area (Å²) in [6.07, 6.45) is 2.67. The van der Waals surface area contributed by atoms with E-state index in [1.54, 1.807) is 6.20 Å². The first-order valence-electron chi connectivity index (χ1n) is 9.83. The highest BCUT2D eigenvalue weighted by atomic mass is 19.1. The Morgan fingerprint density at radius 2 is 1.90 bits per heavy atom. The van der Waals surface area contributed by atoms with Crippen molar-refractivity contribution in [2.24, 2.45) is 0 Å². The van der Waals surface area contributed by atoms with Crippen molar-refractivity contribution in [3.63, 3.8) is 0 Å². The number of alkyl halides is 1. The molecule has 0 saturated heterocycles. The first kappa shape index (κ1) is 18.1. The van der Waals surface area contributed by atoms with Crippen LogP contribution in [-0.4, -0.2) is 22.3 Å². The fourth-order valence-corrected chi connectivity index (χ4v) is 4.30. The lowest BCUT2D eigenvalue weighted by molar-refractivity contribution is -0.135. The Hall–Kier alpha value is -2.99. The average Bonchev–Trinajstić information content (AvgIpc) is 3.70. The molecule has 2 fully saturated rings. The number of carbonyl (C=O) groups is 1. The second-order valence-corrected chi connectivity index (χ2v) is 7.96. The zero-order chi connectivity index (χ0) is 20.0. The molecule has 6 heteroatoms. The Morgan fingerprint density at radius 1 is 1.17 bits per heavy atom. The van der Waals surface area contributed by atoms with Gasteiger partial charge in [-0.1, -0.05) is 54.6 Å². The summed E-state index contributed by atoms with van der Waals surface area (Å²) in [6, 6.07) is 17.0. The number of oxazole rings is 1. The van der Waals surface area contributed by atoms with E-state index in [1.807, 2.05) is 54.6 Å². The maximum Gasteiger partial charge on any atom is 0.278 e. The number of halogens is 1. The third-order valence-electron chi connectivity index (χ3n) is 6.16. The van der Waals surface area contributed by atoms with E-state index in [0.29, 0.717) is 12.3 Å². The van der Waals surface area contributed by atoms with Crippen LogP contribution in [0.4, 0.5) is 4.39 Å². The van der Waals surface area contributed by atoms with Crippen LogP contribution in [0, 0.1) is 0 Å². The first-order valence-corrected chi connectivity index (χ1v) is 9.83. The molecular formula is C23H21FN2O3. The molecule has 0 aliphatic heterocycles. The van der Waals surface area contributed by atoms with Crippen LogP contribution in [0.2, 0.25) is 0 Å². The number of amides is 1. The van der Waals surface area contributed by atoms with Gasteiger partial charge in [-0.2, -0.15) is 0 Å². The number of nitrogens with one attached hydrogen (secondary N) is 1. The molecule has 3 aromatic rings. The zero-order valence-corrected chi connectivity index (χ0v) is 15.7. The normalized spacial score (nSPS) is 24.1. The molecule has 1 aromatic heterocycles. The van der Waals surface area contributed by atoms with Crippen LogP contribution in [0.25, 0.3) is 11.3 Å². The van der Waals surface area contributed by atoms with Crippen molar-refractivity contribution in [2.75, 3.05) is 0 Å². The fraction of sp³-hybridized carbons (Fsp3) is 0.304. The summed E-state index contributed by atoms with van der Waals surface area (Å²) in [7, 11) is 0. The van der Waals surface area contributed by atoms with Gasteiger partial charge in [0, 0.05) is 16.9 Å². The van der Waals surface area contributed by atoms with E-state index in [9.17, 15) is 4.79 Å². The topological polar surface area (TPSA) is 75.4 Å². The van der Waals surface area contributed by atoms with Gasteiger partial charge in [0.25, 0.3) is 5.91 Å². The molecule has 0 spiro atoms. The Kier molecular flexibility index (Phi) is 4.24. The Morgan fingerprint density at radius 3 is 2.55 bits per heavy atom. The van der Waals surface area contributed by atoms with Gasteiger partial charge >= 0.3 is 0 Å². The van der Waals surface area contributed by atoms with Gasteiger partial charge < -0.3 is 4.42 Å². The largest absolute Gasteiger partial charge is 0.440 e. The minimum atomic E-state index is -1.84. The van der Waals surface area contributed by atoms with Crippen LogP contribution in [0.1, 0.15) is 48.1 Å². The second-order valence-electron chi connectivity index (χ2n) is 7.96. The number of benzene rings is 2. The smallest absolute Gasteiger partial charge is 0.278 e. The third kappa shape index (κ3) is 3.04. The van der Waals surface area contributed by atoms with E-state index in [-0.39, 0.29) is 5.92 Å². The van der Waals surface area contributed by atoms with Gasteiger partial charge in [-0.3, -0.25) is 10.0 Å². The van der Waals surface area contributed by atoms with Gasteiger partial charge in [-0.05, 0) is 36.3 Å². The van der Waals surface area contributed by atoms with Crippen molar-refractivity contribution >= 4 is 5.91 Å². The van der Waals surface area contributed by atoms with E-state index < -0.39 is 17.5 Å². The van der Waals surface area contributed by atoms with Crippen LogP contribution in [0.3, 0.4) is 0 Å². The summed E-state index contributed by atoms with van der Waals surface area (Å²) in [5.74, 6) is 0.821. The molecule has 2 aliphatic carbocycles. The number of rotatable bonds is 6. The number of nitrogens with zero attached hydrogens (tertiary/aromatic N) is 1. The van der Waals surface area contributed by atoms with Crippen molar-refractivity contribution in [2.45, 2.75) is 42.7 Å². The van der Waals surface area contributed by atoms with Gasteiger partial charge in [0.15, 0.2) is 17.8 Å². The zero-order valence-electron chi connectivity index (χ0n) is 15.7. The number of hydroxylamine groups is 1. The first-order chi connectivity index (χ1) is 14.1. The molecular weight excluding hydrogens is 371 g/mol. The molecule has 2 aromatic carbocycles. The maximum absolute atomic E-state index is 15.1. The molecule has 5 nitrogen and oxygen atoms in total. The molecule has 5 rings (SSSR count). The quantitative estimate of drug-likeness (QED) is 0.479. The highest BCUT2D eigenvalue weighted by Crippen LogP contribution is 2.63. The highest BCUT2D eigenvalue weighted by Gasteiger charge is 2.63. The molecule has 1 amide bonds. The average molecular weight is 392 g/mol. The Balaban J connectivity index is 1.43. The molecule has 148 valence electrons.